The van der Waals surface area contributed by atoms with Crippen LogP contribution in [0.3, 0.4) is 0 Å². The van der Waals surface area contributed by atoms with Crippen molar-refractivity contribution >= 4 is 28.4 Å². The van der Waals surface area contributed by atoms with Crippen LogP contribution < -0.4 is 5.73 Å². The number of para-hydroxylation sites is 1. The molecule has 6 nitrogen and oxygen atoms in total. The summed E-state index contributed by atoms with van der Waals surface area (Å²) in [5, 5.41) is 0.807. The van der Waals surface area contributed by atoms with Crippen LogP contribution in [0.25, 0.3) is 10.9 Å². The Morgan fingerprint density at radius 2 is 1.86 bits per heavy atom. The molecule has 0 aliphatic carbocycles. The molecule has 0 spiro atoms. The smallest absolute Gasteiger partial charge is 0.272 e. The summed E-state index contributed by atoms with van der Waals surface area (Å²) in [6.07, 6.45) is 0. The maximum Gasteiger partial charge on any atom is 0.272 e. The fourth-order valence-electron chi connectivity index (χ4n) is 1.92. The van der Waals surface area contributed by atoms with Gasteiger partial charge in [-0.2, -0.15) is 0 Å². The van der Waals surface area contributed by atoms with E-state index in [4.69, 9.17) is 5.73 Å². The molecule has 1 aromatic carbocycles. The quantitative estimate of drug-likeness (QED) is 0.912. The standard InChI is InChI=1S/C15H18N4O2/c1-18(2)14(20)9-19(3)15(21)13-8-11(16)10-6-4-5-7-12(10)17-13/h4-8H,9H2,1-3H3,(H2,16,17). The van der Waals surface area contributed by atoms with E-state index in [1.165, 1.54) is 9.80 Å². The van der Waals surface area contributed by atoms with Crippen LogP contribution in [-0.2, 0) is 4.79 Å². The van der Waals surface area contributed by atoms with Crippen molar-refractivity contribution in [3.63, 3.8) is 0 Å². The highest BCUT2D eigenvalue weighted by molar-refractivity contribution is 6.00. The van der Waals surface area contributed by atoms with Crippen molar-refractivity contribution in [2.45, 2.75) is 0 Å². The SMILES string of the molecule is CN(C)C(=O)CN(C)C(=O)c1cc(N)c2ccccc2n1. The molecular formula is C15H18N4O2. The first-order valence-electron chi connectivity index (χ1n) is 6.51. The van der Waals surface area contributed by atoms with Gasteiger partial charge in [0.2, 0.25) is 5.91 Å². The predicted octanol–water partition coefficient (Wildman–Crippen LogP) is 0.977. The highest BCUT2D eigenvalue weighted by Crippen LogP contribution is 2.20. The Kier molecular flexibility index (Phi) is 4.07. The average Bonchev–Trinajstić information content (AvgIpc) is 2.46. The van der Waals surface area contributed by atoms with Crippen molar-refractivity contribution < 1.29 is 9.59 Å². The third-order valence-electron chi connectivity index (χ3n) is 3.19. The van der Waals surface area contributed by atoms with Gasteiger partial charge in [0.05, 0.1) is 12.1 Å². The van der Waals surface area contributed by atoms with E-state index >= 15 is 0 Å². The highest BCUT2D eigenvalue weighted by Gasteiger charge is 2.18. The topological polar surface area (TPSA) is 79.5 Å². The summed E-state index contributed by atoms with van der Waals surface area (Å²) >= 11 is 0. The van der Waals surface area contributed by atoms with Crippen molar-refractivity contribution in [1.29, 1.82) is 0 Å². The molecule has 2 rings (SSSR count). The molecule has 0 atom stereocenters. The molecular weight excluding hydrogens is 268 g/mol. The molecule has 0 aliphatic heterocycles. The minimum atomic E-state index is -0.331. The average molecular weight is 286 g/mol. The van der Waals surface area contributed by atoms with Gasteiger partial charge in [0, 0.05) is 32.2 Å². The zero-order valence-corrected chi connectivity index (χ0v) is 12.3. The van der Waals surface area contributed by atoms with Crippen molar-refractivity contribution in [2.75, 3.05) is 33.4 Å². The van der Waals surface area contributed by atoms with E-state index in [0.29, 0.717) is 11.2 Å². The number of pyridine rings is 1. The largest absolute Gasteiger partial charge is 0.398 e. The fourth-order valence-corrected chi connectivity index (χ4v) is 1.92. The van der Waals surface area contributed by atoms with Gasteiger partial charge in [0.1, 0.15) is 5.69 Å². The van der Waals surface area contributed by atoms with Gasteiger partial charge < -0.3 is 15.5 Å². The van der Waals surface area contributed by atoms with Crippen LogP contribution in [0.15, 0.2) is 30.3 Å². The second-order valence-electron chi connectivity index (χ2n) is 5.06. The summed E-state index contributed by atoms with van der Waals surface area (Å²) in [6.45, 7) is 0.000243. The van der Waals surface area contributed by atoms with E-state index in [2.05, 4.69) is 4.98 Å². The molecule has 0 aliphatic rings. The first kappa shape index (κ1) is 14.8. The Bertz CT molecular complexity index is 697. The van der Waals surface area contributed by atoms with E-state index in [1.54, 1.807) is 33.3 Å². The number of nitrogens with two attached hydrogens (primary N) is 1. The number of nitrogen functional groups attached to an aromatic ring is 1. The Morgan fingerprint density at radius 1 is 1.19 bits per heavy atom. The van der Waals surface area contributed by atoms with Gasteiger partial charge in [0.15, 0.2) is 0 Å². The Labute approximate surface area is 123 Å². The molecule has 21 heavy (non-hydrogen) atoms. The van der Waals surface area contributed by atoms with Gasteiger partial charge in [-0.1, -0.05) is 18.2 Å². The number of anilines is 1. The third-order valence-corrected chi connectivity index (χ3v) is 3.19. The summed E-state index contributed by atoms with van der Waals surface area (Å²) in [4.78, 5) is 31.1. The maximum absolute atomic E-state index is 12.3. The first-order chi connectivity index (χ1) is 9.90. The van der Waals surface area contributed by atoms with Gasteiger partial charge in [-0.3, -0.25) is 9.59 Å². The lowest BCUT2D eigenvalue weighted by Crippen LogP contribution is -2.38. The third kappa shape index (κ3) is 3.10. The summed E-state index contributed by atoms with van der Waals surface area (Å²) < 4.78 is 0. The van der Waals surface area contributed by atoms with Gasteiger partial charge in [-0.25, -0.2) is 4.98 Å². The maximum atomic E-state index is 12.3. The molecule has 1 aromatic heterocycles. The molecule has 0 unspecified atom stereocenters. The van der Waals surface area contributed by atoms with Crippen molar-refractivity contribution in [2.24, 2.45) is 0 Å². The lowest BCUT2D eigenvalue weighted by molar-refractivity contribution is -0.129. The number of carbonyl (C=O) groups excluding carboxylic acids is 2. The molecule has 1 heterocycles. The number of carbonyl (C=O) groups is 2. The number of amides is 2. The van der Waals surface area contributed by atoms with Crippen LogP contribution in [0.5, 0.6) is 0 Å². The first-order valence-corrected chi connectivity index (χ1v) is 6.51. The molecule has 0 radical (unpaired) electrons. The van der Waals surface area contributed by atoms with Crippen LogP contribution in [0.4, 0.5) is 5.69 Å². The number of hydrogen-bond acceptors (Lipinski definition) is 4. The zero-order valence-electron chi connectivity index (χ0n) is 12.3. The number of rotatable bonds is 3. The summed E-state index contributed by atoms with van der Waals surface area (Å²) in [5.74, 6) is -0.484. The molecule has 0 saturated carbocycles. The minimum absolute atomic E-state index is 0.000243. The number of likely N-dealkylation sites (N-methyl/N-ethyl adjacent to an activating group) is 2. The van der Waals surface area contributed by atoms with Crippen LogP contribution >= 0.6 is 0 Å². The monoisotopic (exact) mass is 286 g/mol. The van der Waals surface area contributed by atoms with Crippen molar-refractivity contribution in [1.82, 2.24) is 14.8 Å². The van der Waals surface area contributed by atoms with Crippen LogP contribution in [-0.4, -0.2) is 54.3 Å². The second-order valence-corrected chi connectivity index (χ2v) is 5.06. The number of fused-ring (bicyclic) bond motifs is 1. The Hall–Kier alpha value is -2.63. The van der Waals surface area contributed by atoms with Gasteiger partial charge in [-0.15, -0.1) is 0 Å². The number of hydrogen-bond donors (Lipinski definition) is 1. The summed E-state index contributed by atoms with van der Waals surface area (Å²) in [5.41, 5.74) is 7.35. The van der Waals surface area contributed by atoms with E-state index < -0.39 is 0 Å². The van der Waals surface area contributed by atoms with Crippen LogP contribution in [0, 0.1) is 0 Å². The second kappa shape index (κ2) is 5.78. The Morgan fingerprint density at radius 3 is 2.52 bits per heavy atom. The molecule has 0 fully saturated rings. The number of benzene rings is 1. The van der Waals surface area contributed by atoms with Crippen LogP contribution in [0.2, 0.25) is 0 Å². The molecule has 0 saturated heterocycles. The molecule has 110 valence electrons. The molecule has 2 N–H and O–H groups in total. The van der Waals surface area contributed by atoms with E-state index in [1.807, 2.05) is 18.2 Å². The molecule has 6 heteroatoms. The summed E-state index contributed by atoms with van der Waals surface area (Å²) in [6, 6.07) is 8.89. The normalized spacial score (nSPS) is 10.4. The van der Waals surface area contributed by atoms with Crippen molar-refractivity contribution in [3.8, 4) is 0 Å². The van der Waals surface area contributed by atoms with E-state index in [-0.39, 0.29) is 24.1 Å². The molecule has 2 aromatic rings. The predicted molar refractivity (Wildman–Crippen MR) is 81.8 cm³/mol. The number of aromatic nitrogens is 1. The van der Waals surface area contributed by atoms with Gasteiger partial charge in [-0.05, 0) is 12.1 Å². The van der Waals surface area contributed by atoms with Gasteiger partial charge in [0.25, 0.3) is 5.91 Å². The van der Waals surface area contributed by atoms with Crippen LogP contribution in [0.1, 0.15) is 10.5 Å². The number of nitrogens with zero attached hydrogens (tertiary/aromatic N) is 3. The Balaban J connectivity index is 2.29. The zero-order chi connectivity index (χ0) is 15.6. The molecule has 2 amide bonds. The summed E-state index contributed by atoms with van der Waals surface area (Å²) in [7, 11) is 4.86. The van der Waals surface area contributed by atoms with E-state index in [0.717, 1.165) is 5.39 Å². The van der Waals surface area contributed by atoms with Gasteiger partial charge >= 0.3 is 0 Å². The molecule has 0 bridgehead atoms. The lowest BCUT2D eigenvalue weighted by Gasteiger charge is -2.19. The van der Waals surface area contributed by atoms with E-state index in [9.17, 15) is 9.59 Å². The lowest BCUT2D eigenvalue weighted by atomic mass is 10.1. The minimum Gasteiger partial charge on any atom is -0.398 e. The highest BCUT2D eigenvalue weighted by atomic mass is 16.2. The van der Waals surface area contributed by atoms with Crippen molar-refractivity contribution in [3.05, 3.63) is 36.0 Å². The fraction of sp³-hybridized carbons (Fsp3) is 0.267.